The number of rotatable bonds is 11. The number of hydrogen-bond donors (Lipinski definition) is 1. The fraction of sp³-hybridized carbons (Fsp3) is 0.226. The Hall–Kier alpha value is -4.21. The van der Waals surface area contributed by atoms with E-state index in [0.29, 0.717) is 5.75 Å². The molecule has 1 atom stereocenters. The molecule has 0 aliphatic heterocycles. The van der Waals surface area contributed by atoms with Gasteiger partial charge >= 0.3 is 0 Å². The molecule has 1 N–H and O–H groups in total. The van der Waals surface area contributed by atoms with E-state index in [-0.39, 0.29) is 23.8 Å². The maximum Gasteiger partial charge on any atom is 0.243 e. The summed E-state index contributed by atoms with van der Waals surface area (Å²) in [4.78, 5) is 28.5. The normalized spacial score (nSPS) is 12.2. The van der Waals surface area contributed by atoms with Crippen molar-refractivity contribution in [3.8, 4) is 5.75 Å². The van der Waals surface area contributed by atoms with Gasteiger partial charge in [0.2, 0.25) is 21.8 Å². The van der Waals surface area contributed by atoms with Crippen molar-refractivity contribution in [2.24, 2.45) is 0 Å². The predicted molar refractivity (Wildman–Crippen MR) is 155 cm³/mol. The SMILES string of the molecule is CNC(=O)[C@@H](Cc1ccccc1)N(Cc1cccc(OC)c1)C(=O)CN(C)S(=O)(=O)c1ccc2ccccc2c1. The highest BCUT2D eigenvalue weighted by Crippen LogP contribution is 2.23. The molecule has 208 valence electrons. The van der Waals surface area contributed by atoms with Crippen molar-refractivity contribution >= 4 is 32.6 Å². The molecule has 0 aliphatic rings. The number of methoxy groups -OCH3 is 1. The van der Waals surface area contributed by atoms with Crippen molar-refractivity contribution in [2.45, 2.75) is 23.9 Å². The molecule has 4 rings (SSSR count). The molecule has 8 nitrogen and oxygen atoms in total. The fourth-order valence-corrected chi connectivity index (χ4v) is 5.72. The van der Waals surface area contributed by atoms with E-state index >= 15 is 0 Å². The lowest BCUT2D eigenvalue weighted by Crippen LogP contribution is -2.52. The van der Waals surface area contributed by atoms with Crippen LogP contribution in [-0.4, -0.2) is 63.2 Å². The van der Waals surface area contributed by atoms with Gasteiger partial charge in [-0.1, -0.05) is 72.8 Å². The second-order valence-corrected chi connectivity index (χ2v) is 11.5. The second-order valence-electron chi connectivity index (χ2n) is 9.46. The number of benzene rings is 4. The number of fused-ring (bicyclic) bond motifs is 1. The summed E-state index contributed by atoms with van der Waals surface area (Å²) in [5.41, 5.74) is 1.62. The van der Waals surface area contributed by atoms with E-state index in [2.05, 4.69) is 5.32 Å². The molecule has 4 aromatic carbocycles. The molecule has 0 aliphatic carbocycles. The zero-order valence-corrected chi connectivity index (χ0v) is 23.6. The number of carbonyl (C=O) groups excluding carboxylic acids is 2. The number of sulfonamides is 1. The topological polar surface area (TPSA) is 96.0 Å². The highest BCUT2D eigenvalue weighted by atomic mass is 32.2. The van der Waals surface area contributed by atoms with Gasteiger partial charge in [0.05, 0.1) is 18.6 Å². The molecule has 2 amide bonds. The van der Waals surface area contributed by atoms with Crippen LogP contribution in [0.25, 0.3) is 10.8 Å². The molecule has 0 aromatic heterocycles. The third-order valence-corrected chi connectivity index (χ3v) is 8.59. The Morgan fingerprint density at radius 1 is 0.850 bits per heavy atom. The van der Waals surface area contributed by atoms with Crippen molar-refractivity contribution < 1.29 is 22.7 Å². The van der Waals surface area contributed by atoms with E-state index < -0.39 is 28.5 Å². The zero-order valence-electron chi connectivity index (χ0n) is 22.8. The number of nitrogens with zero attached hydrogens (tertiary/aromatic N) is 2. The molecule has 0 spiro atoms. The standard InChI is InChI=1S/C31H33N3O5S/c1-32-31(36)29(19-23-10-5-4-6-11-23)34(21-24-12-9-15-27(18-24)39-3)30(35)22-33(2)40(37,38)28-17-16-25-13-7-8-14-26(25)20-28/h4-18,20,29H,19,21-22H2,1-3H3,(H,32,36)/t29-/m1/s1. The molecular formula is C31H33N3O5S. The van der Waals surface area contributed by atoms with Gasteiger partial charge in [-0.3, -0.25) is 9.59 Å². The number of likely N-dealkylation sites (N-methyl/N-ethyl adjacent to an activating group) is 2. The van der Waals surface area contributed by atoms with Crippen molar-refractivity contribution in [1.82, 2.24) is 14.5 Å². The van der Waals surface area contributed by atoms with Crippen LogP contribution in [0.2, 0.25) is 0 Å². The Morgan fingerprint density at radius 3 is 2.23 bits per heavy atom. The third-order valence-electron chi connectivity index (χ3n) is 6.79. The van der Waals surface area contributed by atoms with E-state index in [0.717, 1.165) is 26.2 Å². The number of nitrogens with one attached hydrogen (secondary N) is 1. The van der Waals surface area contributed by atoms with E-state index in [9.17, 15) is 18.0 Å². The Bertz CT molecular complexity index is 1590. The van der Waals surface area contributed by atoms with Crippen LogP contribution in [0.15, 0.2) is 102 Å². The van der Waals surface area contributed by atoms with Crippen molar-refractivity contribution in [3.63, 3.8) is 0 Å². The summed E-state index contributed by atoms with van der Waals surface area (Å²) in [7, 11) is 0.457. The molecular weight excluding hydrogens is 526 g/mol. The zero-order chi connectivity index (χ0) is 28.7. The average molecular weight is 560 g/mol. The van der Waals surface area contributed by atoms with Gasteiger partial charge in [0.15, 0.2) is 0 Å². The summed E-state index contributed by atoms with van der Waals surface area (Å²) < 4.78 is 33.3. The van der Waals surface area contributed by atoms with Gasteiger partial charge in [-0.25, -0.2) is 8.42 Å². The minimum atomic E-state index is -3.99. The molecule has 0 heterocycles. The van der Waals surface area contributed by atoms with E-state index in [1.165, 1.54) is 25.1 Å². The Kier molecular flexibility index (Phi) is 9.19. The number of ether oxygens (including phenoxy) is 1. The van der Waals surface area contributed by atoms with Crippen LogP contribution in [-0.2, 0) is 32.6 Å². The average Bonchev–Trinajstić information content (AvgIpc) is 2.98. The minimum absolute atomic E-state index is 0.0881. The molecule has 0 bridgehead atoms. The quantitative estimate of drug-likeness (QED) is 0.301. The summed E-state index contributed by atoms with van der Waals surface area (Å²) in [5.74, 6) is -0.236. The smallest absolute Gasteiger partial charge is 0.243 e. The highest BCUT2D eigenvalue weighted by molar-refractivity contribution is 7.89. The van der Waals surface area contributed by atoms with Crippen molar-refractivity contribution in [3.05, 3.63) is 108 Å². The molecule has 9 heteroatoms. The summed E-state index contributed by atoms with van der Waals surface area (Å²) in [6, 6.07) is 28.1. The Labute approximate surface area is 235 Å². The fourth-order valence-electron chi connectivity index (χ4n) is 4.56. The summed E-state index contributed by atoms with van der Waals surface area (Å²) >= 11 is 0. The van der Waals surface area contributed by atoms with Crippen LogP contribution in [0.5, 0.6) is 5.75 Å². The lowest BCUT2D eigenvalue weighted by Gasteiger charge is -2.32. The van der Waals surface area contributed by atoms with E-state index in [1.54, 1.807) is 37.4 Å². The summed E-state index contributed by atoms with van der Waals surface area (Å²) in [6.07, 6.45) is 0.261. The Morgan fingerprint density at radius 2 is 1.52 bits per heavy atom. The summed E-state index contributed by atoms with van der Waals surface area (Å²) in [5, 5.41) is 4.36. The van der Waals surface area contributed by atoms with Gasteiger partial charge in [-0.05, 0) is 46.2 Å². The van der Waals surface area contributed by atoms with Crippen LogP contribution >= 0.6 is 0 Å². The maximum atomic E-state index is 13.9. The van der Waals surface area contributed by atoms with Crippen LogP contribution in [0, 0.1) is 0 Å². The van der Waals surface area contributed by atoms with Gasteiger partial charge in [-0.2, -0.15) is 4.31 Å². The van der Waals surface area contributed by atoms with Crippen LogP contribution in [0.3, 0.4) is 0 Å². The first kappa shape index (κ1) is 28.8. The molecule has 0 radical (unpaired) electrons. The minimum Gasteiger partial charge on any atom is -0.497 e. The lowest BCUT2D eigenvalue weighted by molar-refractivity contribution is -0.141. The number of carbonyl (C=O) groups is 2. The van der Waals surface area contributed by atoms with Gasteiger partial charge in [0.1, 0.15) is 11.8 Å². The molecule has 0 saturated heterocycles. The number of amides is 2. The maximum absolute atomic E-state index is 13.9. The predicted octanol–water partition coefficient (Wildman–Crippen LogP) is 3.86. The first-order valence-electron chi connectivity index (χ1n) is 12.9. The first-order valence-corrected chi connectivity index (χ1v) is 14.3. The van der Waals surface area contributed by atoms with Crippen LogP contribution in [0.1, 0.15) is 11.1 Å². The number of hydrogen-bond acceptors (Lipinski definition) is 5. The van der Waals surface area contributed by atoms with Gasteiger partial charge in [0, 0.05) is 27.1 Å². The molecule has 0 unspecified atom stereocenters. The Balaban J connectivity index is 1.66. The van der Waals surface area contributed by atoms with Crippen molar-refractivity contribution in [1.29, 1.82) is 0 Å². The first-order chi connectivity index (χ1) is 19.2. The highest BCUT2D eigenvalue weighted by Gasteiger charge is 2.32. The molecule has 0 fully saturated rings. The van der Waals surface area contributed by atoms with E-state index in [1.807, 2.05) is 60.7 Å². The van der Waals surface area contributed by atoms with Crippen LogP contribution < -0.4 is 10.1 Å². The van der Waals surface area contributed by atoms with Gasteiger partial charge < -0.3 is 15.0 Å². The molecule has 40 heavy (non-hydrogen) atoms. The summed E-state index contributed by atoms with van der Waals surface area (Å²) in [6.45, 7) is -0.355. The largest absolute Gasteiger partial charge is 0.497 e. The molecule has 0 saturated carbocycles. The monoisotopic (exact) mass is 559 g/mol. The van der Waals surface area contributed by atoms with Crippen molar-refractivity contribution in [2.75, 3.05) is 27.7 Å². The molecule has 4 aromatic rings. The van der Waals surface area contributed by atoms with Gasteiger partial charge in [0.25, 0.3) is 0 Å². The van der Waals surface area contributed by atoms with E-state index in [4.69, 9.17) is 4.74 Å². The van der Waals surface area contributed by atoms with Crippen LogP contribution in [0.4, 0.5) is 0 Å². The third kappa shape index (κ3) is 6.67. The second kappa shape index (κ2) is 12.8. The van der Waals surface area contributed by atoms with Gasteiger partial charge in [-0.15, -0.1) is 0 Å². The lowest BCUT2D eigenvalue weighted by atomic mass is 10.0.